The molecule has 18 heavy (non-hydrogen) atoms. The highest BCUT2D eigenvalue weighted by Crippen LogP contribution is 2.41. The Morgan fingerprint density at radius 3 is 3.06 bits per heavy atom. The molecule has 3 N–H and O–H groups in total. The molecule has 2 aliphatic heterocycles. The molecular formula is C13H18ClN3O. The van der Waals surface area contributed by atoms with E-state index in [0.717, 1.165) is 24.8 Å². The van der Waals surface area contributed by atoms with E-state index in [0.29, 0.717) is 23.1 Å². The second-order valence-corrected chi connectivity index (χ2v) is 5.63. The number of fused-ring (bicyclic) bond motifs is 2. The summed E-state index contributed by atoms with van der Waals surface area (Å²) in [4.78, 5) is 4.01. The first kappa shape index (κ1) is 12.4. The van der Waals surface area contributed by atoms with Crippen molar-refractivity contribution < 1.29 is 4.74 Å². The average molecular weight is 268 g/mol. The first-order valence-electron chi connectivity index (χ1n) is 6.48. The standard InChI is InChI=1S/C13H18ClN3O/c14-11-7-16-4-3-8(11)5-12(17-15)10-6-9-1-2-13(10)18-9/h3-4,7,9-10,12-13,17H,1-2,5-6,15H2. The summed E-state index contributed by atoms with van der Waals surface area (Å²) in [6.07, 6.45) is 8.58. The van der Waals surface area contributed by atoms with Crippen LogP contribution in [-0.4, -0.2) is 23.2 Å². The van der Waals surface area contributed by atoms with Crippen LogP contribution in [0.2, 0.25) is 5.02 Å². The van der Waals surface area contributed by atoms with Crippen LogP contribution in [0.25, 0.3) is 0 Å². The summed E-state index contributed by atoms with van der Waals surface area (Å²) in [7, 11) is 0. The first-order chi connectivity index (χ1) is 8.78. The maximum Gasteiger partial charge on any atom is 0.0624 e. The number of hydrogen-bond acceptors (Lipinski definition) is 4. The third-order valence-electron chi connectivity index (χ3n) is 4.18. The number of nitrogens with zero attached hydrogens (tertiary/aromatic N) is 1. The van der Waals surface area contributed by atoms with E-state index in [1.807, 2.05) is 6.07 Å². The molecule has 2 aliphatic rings. The number of aromatic nitrogens is 1. The number of ether oxygens (including phenoxy) is 1. The summed E-state index contributed by atoms with van der Waals surface area (Å²) in [6.45, 7) is 0. The predicted octanol–water partition coefficient (Wildman–Crippen LogP) is 1.68. The minimum atomic E-state index is 0.222. The molecule has 0 amide bonds. The summed E-state index contributed by atoms with van der Waals surface area (Å²) in [6, 6.07) is 2.18. The number of hydrazine groups is 1. The first-order valence-corrected chi connectivity index (χ1v) is 6.85. The van der Waals surface area contributed by atoms with Crippen LogP contribution < -0.4 is 11.3 Å². The highest BCUT2D eigenvalue weighted by Gasteiger charge is 2.44. The Labute approximate surface area is 112 Å². The summed E-state index contributed by atoms with van der Waals surface area (Å²) >= 11 is 6.15. The number of rotatable bonds is 4. The summed E-state index contributed by atoms with van der Waals surface area (Å²) in [5.41, 5.74) is 4.04. The highest BCUT2D eigenvalue weighted by atomic mass is 35.5. The topological polar surface area (TPSA) is 60.2 Å². The average Bonchev–Trinajstić information content (AvgIpc) is 3.00. The Morgan fingerprint density at radius 2 is 2.44 bits per heavy atom. The van der Waals surface area contributed by atoms with Gasteiger partial charge in [-0.2, -0.15) is 0 Å². The highest BCUT2D eigenvalue weighted by molar-refractivity contribution is 6.31. The van der Waals surface area contributed by atoms with Gasteiger partial charge in [0.15, 0.2) is 0 Å². The molecule has 2 bridgehead atoms. The summed E-state index contributed by atoms with van der Waals surface area (Å²) < 4.78 is 5.89. The normalized spacial score (nSPS) is 31.8. The maximum absolute atomic E-state index is 6.15. The van der Waals surface area contributed by atoms with Gasteiger partial charge in [0.1, 0.15) is 0 Å². The van der Waals surface area contributed by atoms with Gasteiger partial charge in [0, 0.05) is 24.4 Å². The molecule has 0 aromatic carbocycles. The van der Waals surface area contributed by atoms with Crippen molar-refractivity contribution in [1.82, 2.24) is 10.4 Å². The van der Waals surface area contributed by atoms with Crippen LogP contribution in [0.15, 0.2) is 18.5 Å². The Balaban J connectivity index is 1.72. The predicted molar refractivity (Wildman–Crippen MR) is 70.1 cm³/mol. The third-order valence-corrected chi connectivity index (χ3v) is 4.52. The van der Waals surface area contributed by atoms with Crippen molar-refractivity contribution in [2.24, 2.45) is 11.8 Å². The van der Waals surface area contributed by atoms with Crippen LogP contribution in [0.1, 0.15) is 24.8 Å². The lowest BCUT2D eigenvalue weighted by molar-refractivity contribution is 0.0857. The van der Waals surface area contributed by atoms with E-state index in [1.165, 1.54) is 6.42 Å². The van der Waals surface area contributed by atoms with Gasteiger partial charge >= 0.3 is 0 Å². The van der Waals surface area contributed by atoms with Gasteiger partial charge in [-0.15, -0.1) is 0 Å². The molecule has 1 aromatic rings. The minimum Gasteiger partial charge on any atom is -0.375 e. The number of pyridine rings is 1. The van der Waals surface area contributed by atoms with Gasteiger partial charge in [-0.05, 0) is 37.3 Å². The molecule has 0 aliphatic carbocycles. The molecule has 3 rings (SSSR count). The van der Waals surface area contributed by atoms with Crippen molar-refractivity contribution >= 4 is 11.6 Å². The minimum absolute atomic E-state index is 0.222. The summed E-state index contributed by atoms with van der Waals surface area (Å²) in [5.74, 6) is 6.22. The van der Waals surface area contributed by atoms with Gasteiger partial charge in [-0.25, -0.2) is 0 Å². The monoisotopic (exact) mass is 267 g/mol. The van der Waals surface area contributed by atoms with Crippen LogP contribution in [0.5, 0.6) is 0 Å². The van der Waals surface area contributed by atoms with Crippen LogP contribution in [0.3, 0.4) is 0 Å². The van der Waals surface area contributed by atoms with Gasteiger partial charge < -0.3 is 4.74 Å². The molecule has 0 spiro atoms. The SMILES string of the molecule is NNC(Cc1ccncc1Cl)C1CC2CCC1O2. The molecule has 4 atom stereocenters. The fourth-order valence-electron chi connectivity index (χ4n) is 3.24. The van der Waals surface area contributed by atoms with E-state index >= 15 is 0 Å². The zero-order chi connectivity index (χ0) is 12.5. The van der Waals surface area contributed by atoms with E-state index in [4.69, 9.17) is 22.2 Å². The second-order valence-electron chi connectivity index (χ2n) is 5.22. The molecule has 3 heterocycles. The van der Waals surface area contributed by atoms with Crippen molar-refractivity contribution in [3.63, 3.8) is 0 Å². The van der Waals surface area contributed by atoms with Crippen LogP contribution in [-0.2, 0) is 11.2 Å². The Bertz CT molecular complexity index is 428. The fraction of sp³-hybridized carbons (Fsp3) is 0.615. The van der Waals surface area contributed by atoms with Gasteiger partial charge in [0.25, 0.3) is 0 Å². The van der Waals surface area contributed by atoms with Crippen molar-refractivity contribution in [3.8, 4) is 0 Å². The Hall–Kier alpha value is -0.680. The van der Waals surface area contributed by atoms with Crippen molar-refractivity contribution in [3.05, 3.63) is 29.0 Å². The van der Waals surface area contributed by atoms with E-state index in [2.05, 4.69) is 10.4 Å². The number of nitrogens with two attached hydrogens (primary N) is 1. The van der Waals surface area contributed by atoms with Crippen molar-refractivity contribution in [2.75, 3.05) is 0 Å². The van der Waals surface area contributed by atoms with E-state index in [9.17, 15) is 0 Å². The molecule has 4 nitrogen and oxygen atoms in total. The van der Waals surface area contributed by atoms with E-state index < -0.39 is 0 Å². The molecule has 5 heteroatoms. The number of halogens is 1. The third kappa shape index (κ3) is 2.26. The van der Waals surface area contributed by atoms with Crippen molar-refractivity contribution in [1.29, 1.82) is 0 Å². The molecule has 4 unspecified atom stereocenters. The molecule has 2 saturated heterocycles. The number of hydrogen-bond donors (Lipinski definition) is 2. The zero-order valence-corrected chi connectivity index (χ0v) is 10.9. The smallest absolute Gasteiger partial charge is 0.0624 e. The molecule has 98 valence electrons. The molecule has 1 aromatic heterocycles. The van der Waals surface area contributed by atoms with Crippen LogP contribution in [0, 0.1) is 5.92 Å². The van der Waals surface area contributed by atoms with Gasteiger partial charge in [-0.3, -0.25) is 16.3 Å². The molecule has 0 radical (unpaired) electrons. The number of nitrogens with one attached hydrogen (secondary N) is 1. The Kier molecular flexibility index (Phi) is 3.52. The molecular weight excluding hydrogens is 250 g/mol. The van der Waals surface area contributed by atoms with E-state index in [1.54, 1.807) is 12.4 Å². The lowest BCUT2D eigenvalue weighted by Crippen LogP contribution is -2.45. The van der Waals surface area contributed by atoms with Gasteiger partial charge in [0.05, 0.1) is 17.2 Å². The van der Waals surface area contributed by atoms with E-state index in [-0.39, 0.29) is 6.04 Å². The van der Waals surface area contributed by atoms with Crippen LogP contribution in [0.4, 0.5) is 0 Å². The second kappa shape index (κ2) is 5.13. The quantitative estimate of drug-likeness (QED) is 0.644. The van der Waals surface area contributed by atoms with Crippen LogP contribution >= 0.6 is 11.6 Å². The molecule has 2 fully saturated rings. The lowest BCUT2D eigenvalue weighted by Gasteiger charge is -2.28. The fourth-order valence-corrected chi connectivity index (χ4v) is 3.44. The largest absolute Gasteiger partial charge is 0.375 e. The molecule has 0 saturated carbocycles. The zero-order valence-electron chi connectivity index (χ0n) is 10.2. The van der Waals surface area contributed by atoms with Gasteiger partial charge in [0.2, 0.25) is 0 Å². The summed E-state index contributed by atoms with van der Waals surface area (Å²) in [5, 5.41) is 0.710. The van der Waals surface area contributed by atoms with Gasteiger partial charge in [-0.1, -0.05) is 11.6 Å². The maximum atomic E-state index is 6.15. The Morgan fingerprint density at radius 1 is 1.56 bits per heavy atom. The lowest BCUT2D eigenvalue weighted by atomic mass is 9.82. The van der Waals surface area contributed by atoms with Crippen molar-refractivity contribution in [2.45, 2.75) is 43.9 Å².